The lowest BCUT2D eigenvalue weighted by Gasteiger charge is -2.35. The van der Waals surface area contributed by atoms with Crippen LogP contribution in [0.1, 0.15) is 34.6 Å². The molecule has 0 atom stereocenters. The van der Waals surface area contributed by atoms with Gasteiger partial charge < -0.3 is 9.80 Å². The number of pyridine rings is 1. The molecular formula is C18H23F3N4O2. The van der Waals surface area contributed by atoms with Crippen molar-refractivity contribution in [3.05, 3.63) is 29.1 Å². The Morgan fingerprint density at radius 1 is 1.00 bits per heavy atom. The van der Waals surface area contributed by atoms with Crippen LogP contribution in [0.2, 0.25) is 0 Å². The van der Waals surface area contributed by atoms with Crippen LogP contribution in [0.25, 0.3) is 0 Å². The van der Waals surface area contributed by atoms with Gasteiger partial charge in [-0.25, -0.2) is 4.98 Å². The molecule has 0 spiro atoms. The fourth-order valence-electron chi connectivity index (χ4n) is 3.48. The standard InChI is InChI=1S/C18H23F3N4O2/c1-13-14(4-5-15(22-13)18(19,20)21)17(27)25-10-8-23(9-11-25)12-16(26)24-6-2-3-7-24/h4-5H,2-3,6-12H2,1H3. The summed E-state index contributed by atoms with van der Waals surface area (Å²) in [5, 5.41) is 0. The number of carbonyl (C=O) groups is 2. The minimum absolute atomic E-state index is 0.0708. The summed E-state index contributed by atoms with van der Waals surface area (Å²) >= 11 is 0. The number of hydrogen-bond donors (Lipinski definition) is 0. The average Bonchev–Trinajstić information content (AvgIpc) is 3.16. The Morgan fingerprint density at radius 2 is 1.63 bits per heavy atom. The Morgan fingerprint density at radius 3 is 2.19 bits per heavy atom. The molecule has 0 saturated carbocycles. The van der Waals surface area contributed by atoms with Gasteiger partial charge in [-0.1, -0.05) is 0 Å². The molecule has 6 nitrogen and oxygen atoms in total. The molecule has 2 aliphatic rings. The van der Waals surface area contributed by atoms with Gasteiger partial charge in [-0.05, 0) is 31.9 Å². The minimum atomic E-state index is -4.53. The lowest BCUT2D eigenvalue weighted by molar-refractivity contribution is -0.141. The van der Waals surface area contributed by atoms with E-state index in [1.54, 1.807) is 4.90 Å². The summed E-state index contributed by atoms with van der Waals surface area (Å²) in [6.45, 7) is 5.40. The van der Waals surface area contributed by atoms with Crippen molar-refractivity contribution in [2.75, 3.05) is 45.8 Å². The van der Waals surface area contributed by atoms with Crippen LogP contribution in [0, 0.1) is 6.92 Å². The summed E-state index contributed by atoms with van der Waals surface area (Å²) in [5.41, 5.74) is -0.743. The third-order valence-corrected chi connectivity index (χ3v) is 5.08. The quantitative estimate of drug-likeness (QED) is 0.797. The van der Waals surface area contributed by atoms with E-state index in [2.05, 4.69) is 4.98 Å². The molecule has 0 N–H and O–H groups in total. The number of hydrogen-bond acceptors (Lipinski definition) is 4. The molecule has 0 aromatic carbocycles. The molecule has 0 radical (unpaired) electrons. The highest BCUT2D eigenvalue weighted by atomic mass is 19.4. The van der Waals surface area contributed by atoms with Crippen molar-refractivity contribution in [2.24, 2.45) is 0 Å². The number of piperazine rings is 1. The molecule has 2 saturated heterocycles. The molecule has 0 aliphatic carbocycles. The van der Waals surface area contributed by atoms with E-state index in [4.69, 9.17) is 0 Å². The van der Waals surface area contributed by atoms with Crippen molar-refractivity contribution in [2.45, 2.75) is 25.9 Å². The first kappa shape index (κ1) is 19.6. The maximum atomic E-state index is 12.7. The van der Waals surface area contributed by atoms with Gasteiger partial charge in [0, 0.05) is 39.3 Å². The predicted octanol–water partition coefficient (Wildman–Crippen LogP) is 1.79. The maximum Gasteiger partial charge on any atom is 0.433 e. The van der Waals surface area contributed by atoms with Gasteiger partial charge in [0.25, 0.3) is 5.91 Å². The van der Waals surface area contributed by atoms with Gasteiger partial charge >= 0.3 is 6.18 Å². The Balaban J connectivity index is 1.56. The van der Waals surface area contributed by atoms with E-state index in [9.17, 15) is 22.8 Å². The lowest BCUT2D eigenvalue weighted by Crippen LogP contribution is -2.51. The fraction of sp³-hybridized carbons (Fsp3) is 0.611. The Bertz CT molecular complexity index is 709. The lowest BCUT2D eigenvalue weighted by atomic mass is 10.1. The number of carbonyl (C=O) groups excluding carboxylic acids is 2. The zero-order valence-electron chi connectivity index (χ0n) is 15.3. The highest BCUT2D eigenvalue weighted by molar-refractivity contribution is 5.95. The largest absolute Gasteiger partial charge is 0.433 e. The molecule has 148 valence electrons. The smallest absolute Gasteiger partial charge is 0.342 e. The molecule has 27 heavy (non-hydrogen) atoms. The number of aryl methyl sites for hydroxylation is 1. The van der Waals surface area contributed by atoms with Crippen LogP contribution in [-0.4, -0.2) is 77.3 Å². The van der Waals surface area contributed by atoms with Crippen LogP contribution in [0.3, 0.4) is 0 Å². The van der Waals surface area contributed by atoms with E-state index < -0.39 is 11.9 Å². The van der Waals surface area contributed by atoms with E-state index in [-0.39, 0.29) is 23.1 Å². The highest BCUT2D eigenvalue weighted by Gasteiger charge is 2.33. The van der Waals surface area contributed by atoms with Gasteiger partial charge in [0.2, 0.25) is 5.91 Å². The van der Waals surface area contributed by atoms with Crippen molar-refractivity contribution in [1.29, 1.82) is 0 Å². The van der Waals surface area contributed by atoms with Crippen LogP contribution in [0.5, 0.6) is 0 Å². The normalized spacial score (nSPS) is 18.8. The zero-order chi connectivity index (χ0) is 19.6. The summed E-state index contributed by atoms with van der Waals surface area (Å²) in [5.74, 6) is -0.200. The van der Waals surface area contributed by atoms with Crippen molar-refractivity contribution in [3.63, 3.8) is 0 Å². The van der Waals surface area contributed by atoms with Crippen LogP contribution >= 0.6 is 0 Å². The summed E-state index contributed by atoms with van der Waals surface area (Å²) in [6, 6.07) is 2.03. The van der Waals surface area contributed by atoms with Crippen molar-refractivity contribution >= 4 is 11.8 Å². The van der Waals surface area contributed by atoms with Gasteiger partial charge in [0.05, 0.1) is 17.8 Å². The number of likely N-dealkylation sites (tertiary alicyclic amines) is 1. The third-order valence-electron chi connectivity index (χ3n) is 5.08. The molecule has 1 aromatic rings. The van der Waals surface area contributed by atoms with Crippen LogP contribution in [0.4, 0.5) is 13.2 Å². The number of rotatable bonds is 3. The zero-order valence-corrected chi connectivity index (χ0v) is 15.3. The van der Waals surface area contributed by atoms with Gasteiger partial charge in [0.1, 0.15) is 5.69 Å². The molecule has 3 rings (SSSR count). The molecule has 2 amide bonds. The summed E-state index contributed by atoms with van der Waals surface area (Å²) in [4.78, 5) is 33.9. The molecule has 3 heterocycles. The molecule has 9 heteroatoms. The molecule has 0 unspecified atom stereocenters. The predicted molar refractivity (Wildman–Crippen MR) is 92.1 cm³/mol. The molecule has 0 bridgehead atoms. The monoisotopic (exact) mass is 384 g/mol. The van der Waals surface area contributed by atoms with E-state index in [1.807, 2.05) is 9.80 Å². The van der Waals surface area contributed by atoms with Crippen LogP contribution in [0.15, 0.2) is 12.1 Å². The van der Waals surface area contributed by atoms with E-state index in [0.717, 1.165) is 32.0 Å². The van der Waals surface area contributed by atoms with Gasteiger partial charge in [-0.3, -0.25) is 14.5 Å². The number of nitrogens with zero attached hydrogens (tertiary/aromatic N) is 4. The van der Waals surface area contributed by atoms with Crippen molar-refractivity contribution < 1.29 is 22.8 Å². The summed E-state index contributed by atoms with van der Waals surface area (Å²) in [6.07, 6.45) is -2.43. The van der Waals surface area contributed by atoms with E-state index >= 15 is 0 Å². The number of aromatic nitrogens is 1. The third kappa shape index (κ3) is 4.58. The molecule has 1 aromatic heterocycles. The Kier molecular flexibility index (Phi) is 5.69. The molecular weight excluding hydrogens is 361 g/mol. The Labute approximate surface area is 155 Å². The first-order valence-electron chi connectivity index (χ1n) is 9.10. The topological polar surface area (TPSA) is 56.8 Å². The minimum Gasteiger partial charge on any atom is -0.342 e. The Hall–Kier alpha value is -2.16. The number of amides is 2. The van der Waals surface area contributed by atoms with Crippen molar-refractivity contribution in [1.82, 2.24) is 19.7 Å². The van der Waals surface area contributed by atoms with Crippen LogP contribution in [-0.2, 0) is 11.0 Å². The highest BCUT2D eigenvalue weighted by Crippen LogP contribution is 2.28. The first-order valence-corrected chi connectivity index (χ1v) is 9.10. The summed E-state index contributed by atoms with van der Waals surface area (Å²) < 4.78 is 38.2. The van der Waals surface area contributed by atoms with E-state index in [0.29, 0.717) is 32.7 Å². The summed E-state index contributed by atoms with van der Waals surface area (Å²) in [7, 11) is 0. The van der Waals surface area contributed by atoms with E-state index in [1.165, 1.54) is 13.0 Å². The second-order valence-electron chi connectivity index (χ2n) is 6.98. The SMILES string of the molecule is Cc1nc(C(F)(F)F)ccc1C(=O)N1CCN(CC(=O)N2CCCC2)CC1. The average molecular weight is 384 g/mol. The number of alkyl halides is 3. The first-order chi connectivity index (χ1) is 12.8. The van der Waals surface area contributed by atoms with Gasteiger partial charge in [0.15, 0.2) is 0 Å². The molecule has 2 aliphatic heterocycles. The molecule has 2 fully saturated rings. The second-order valence-corrected chi connectivity index (χ2v) is 6.98. The van der Waals surface area contributed by atoms with Gasteiger partial charge in [-0.15, -0.1) is 0 Å². The number of halogens is 3. The van der Waals surface area contributed by atoms with Gasteiger partial charge in [-0.2, -0.15) is 13.2 Å². The fourth-order valence-corrected chi connectivity index (χ4v) is 3.48. The maximum absolute atomic E-state index is 12.7. The second kappa shape index (κ2) is 7.84. The van der Waals surface area contributed by atoms with Crippen molar-refractivity contribution in [3.8, 4) is 0 Å². The van der Waals surface area contributed by atoms with Crippen LogP contribution < -0.4 is 0 Å².